The predicted molar refractivity (Wildman–Crippen MR) is 105 cm³/mol. The summed E-state index contributed by atoms with van der Waals surface area (Å²) in [5, 5.41) is 7.42. The molecule has 26 heavy (non-hydrogen) atoms. The summed E-state index contributed by atoms with van der Waals surface area (Å²) in [4.78, 5) is 12.2. The minimum absolute atomic E-state index is 0.0914. The van der Waals surface area contributed by atoms with Gasteiger partial charge in [-0.25, -0.2) is 0 Å². The van der Waals surface area contributed by atoms with Crippen LogP contribution in [0.25, 0.3) is 11.3 Å². The van der Waals surface area contributed by atoms with Crippen LogP contribution in [0.1, 0.15) is 11.1 Å². The molecule has 1 amide bonds. The number of hydrogen-bond acceptors (Lipinski definition) is 3. The lowest BCUT2D eigenvalue weighted by atomic mass is 10.1. The third kappa shape index (κ3) is 4.52. The first kappa shape index (κ1) is 18.2. The highest BCUT2D eigenvalue weighted by Gasteiger charge is 2.11. The highest BCUT2D eigenvalue weighted by atomic mass is 79.9. The summed E-state index contributed by atoms with van der Waals surface area (Å²) in [6.07, 6.45) is 1.82. The van der Waals surface area contributed by atoms with Crippen LogP contribution in [0.2, 0.25) is 0 Å². The molecule has 3 rings (SSSR count). The van der Waals surface area contributed by atoms with Crippen LogP contribution in [0, 0.1) is 6.92 Å². The Kier molecular flexibility index (Phi) is 5.73. The van der Waals surface area contributed by atoms with Crippen LogP contribution in [0.5, 0.6) is 5.75 Å². The molecule has 134 valence electrons. The highest BCUT2D eigenvalue weighted by molar-refractivity contribution is 9.10. The normalized spacial score (nSPS) is 10.6. The van der Waals surface area contributed by atoms with Crippen LogP contribution in [0.4, 0.5) is 0 Å². The van der Waals surface area contributed by atoms with Gasteiger partial charge in [-0.2, -0.15) is 5.10 Å². The maximum absolute atomic E-state index is 12.2. The number of amides is 1. The van der Waals surface area contributed by atoms with E-state index in [2.05, 4.69) is 26.3 Å². The lowest BCUT2D eigenvalue weighted by molar-refractivity contribution is -0.122. The molecule has 0 unspecified atom stereocenters. The van der Waals surface area contributed by atoms with Gasteiger partial charge in [-0.3, -0.25) is 9.48 Å². The molecule has 0 saturated carbocycles. The number of benzene rings is 2. The van der Waals surface area contributed by atoms with Crippen molar-refractivity contribution < 1.29 is 9.53 Å². The first-order chi connectivity index (χ1) is 12.5. The zero-order valence-corrected chi connectivity index (χ0v) is 16.3. The van der Waals surface area contributed by atoms with Crippen LogP contribution in [-0.4, -0.2) is 22.8 Å². The molecule has 0 spiro atoms. The number of carbonyl (C=O) groups is 1. The van der Waals surface area contributed by atoms with E-state index in [1.54, 1.807) is 11.8 Å². The molecule has 2 aromatic carbocycles. The molecular weight excluding hydrogens is 394 g/mol. The standard InChI is InChI=1S/C20H20BrN3O2/c1-14-3-7-16(8-4-14)20-18(21)12-24(23-20)13-19(25)22-11-15-5-9-17(26-2)10-6-15/h3-10,12H,11,13H2,1-2H3,(H,22,25). The zero-order valence-electron chi connectivity index (χ0n) is 14.7. The number of ether oxygens (including phenoxy) is 1. The van der Waals surface area contributed by atoms with Gasteiger partial charge in [0.1, 0.15) is 18.0 Å². The fraction of sp³-hybridized carbons (Fsp3) is 0.200. The van der Waals surface area contributed by atoms with Gasteiger partial charge in [-0.05, 0) is 40.5 Å². The minimum atomic E-state index is -0.0914. The van der Waals surface area contributed by atoms with Crippen molar-refractivity contribution >= 4 is 21.8 Å². The number of rotatable bonds is 6. The second-order valence-electron chi connectivity index (χ2n) is 6.01. The molecule has 6 heteroatoms. The molecule has 1 N–H and O–H groups in total. The Labute approximate surface area is 161 Å². The quantitative estimate of drug-likeness (QED) is 0.665. The molecule has 5 nitrogen and oxygen atoms in total. The Morgan fingerprint density at radius 2 is 1.85 bits per heavy atom. The molecule has 0 saturated heterocycles. The number of hydrogen-bond donors (Lipinski definition) is 1. The predicted octanol–water partition coefficient (Wildman–Crippen LogP) is 3.95. The lowest BCUT2D eigenvalue weighted by Crippen LogP contribution is -2.27. The SMILES string of the molecule is COc1ccc(CNC(=O)Cn2cc(Br)c(-c3ccc(C)cc3)n2)cc1. The Morgan fingerprint density at radius 3 is 2.50 bits per heavy atom. The molecule has 0 atom stereocenters. The third-order valence-corrected chi connectivity index (χ3v) is 4.58. The summed E-state index contributed by atoms with van der Waals surface area (Å²) in [7, 11) is 1.63. The van der Waals surface area contributed by atoms with Gasteiger partial charge in [-0.1, -0.05) is 42.0 Å². The molecule has 0 bridgehead atoms. The average molecular weight is 414 g/mol. The fourth-order valence-electron chi connectivity index (χ4n) is 2.53. The maximum atomic E-state index is 12.2. The van der Waals surface area contributed by atoms with Gasteiger partial charge in [0.15, 0.2) is 0 Å². The second-order valence-corrected chi connectivity index (χ2v) is 6.87. The molecule has 0 fully saturated rings. The number of nitrogens with one attached hydrogen (secondary N) is 1. The molecule has 0 aliphatic rings. The molecular formula is C20H20BrN3O2. The van der Waals surface area contributed by atoms with Crippen LogP contribution in [0.15, 0.2) is 59.2 Å². The minimum Gasteiger partial charge on any atom is -0.497 e. The Bertz CT molecular complexity index is 886. The summed E-state index contributed by atoms with van der Waals surface area (Å²) in [6, 6.07) is 15.7. The van der Waals surface area contributed by atoms with Crippen molar-refractivity contribution in [2.24, 2.45) is 0 Å². The maximum Gasteiger partial charge on any atom is 0.241 e. The van der Waals surface area contributed by atoms with Gasteiger partial charge in [0.25, 0.3) is 0 Å². The van der Waals surface area contributed by atoms with Crippen LogP contribution in [-0.2, 0) is 17.9 Å². The number of aromatic nitrogens is 2. The van der Waals surface area contributed by atoms with Crippen molar-refractivity contribution in [2.75, 3.05) is 7.11 Å². The van der Waals surface area contributed by atoms with E-state index in [0.717, 1.165) is 27.0 Å². The third-order valence-electron chi connectivity index (χ3n) is 4.00. The van der Waals surface area contributed by atoms with Crippen molar-refractivity contribution in [3.63, 3.8) is 0 Å². The molecule has 1 heterocycles. The van der Waals surface area contributed by atoms with Gasteiger partial charge >= 0.3 is 0 Å². The van der Waals surface area contributed by atoms with Crippen molar-refractivity contribution in [2.45, 2.75) is 20.0 Å². The van der Waals surface area contributed by atoms with Crippen molar-refractivity contribution in [3.8, 4) is 17.0 Å². The smallest absolute Gasteiger partial charge is 0.241 e. The summed E-state index contributed by atoms with van der Waals surface area (Å²) >= 11 is 3.52. The highest BCUT2D eigenvalue weighted by Crippen LogP contribution is 2.26. The van der Waals surface area contributed by atoms with E-state index in [0.29, 0.717) is 6.54 Å². The number of aryl methyl sites for hydroxylation is 1. The Balaban J connectivity index is 1.60. The van der Waals surface area contributed by atoms with Crippen LogP contribution >= 0.6 is 15.9 Å². The zero-order chi connectivity index (χ0) is 18.5. The Hall–Kier alpha value is -2.60. The van der Waals surface area contributed by atoms with Gasteiger partial charge in [-0.15, -0.1) is 0 Å². The number of carbonyl (C=O) groups excluding carboxylic acids is 1. The average Bonchev–Trinajstić information content (AvgIpc) is 3.01. The molecule has 0 aliphatic heterocycles. The fourth-order valence-corrected chi connectivity index (χ4v) is 3.08. The number of nitrogens with zero attached hydrogens (tertiary/aromatic N) is 2. The molecule has 0 aliphatic carbocycles. The molecule has 0 radical (unpaired) electrons. The summed E-state index contributed by atoms with van der Waals surface area (Å²) in [5.74, 6) is 0.705. The lowest BCUT2D eigenvalue weighted by Gasteiger charge is -2.06. The van der Waals surface area contributed by atoms with Gasteiger partial charge in [0.2, 0.25) is 5.91 Å². The van der Waals surface area contributed by atoms with E-state index in [1.165, 1.54) is 5.56 Å². The van der Waals surface area contributed by atoms with E-state index >= 15 is 0 Å². The van der Waals surface area contributed by atoms with E-state index in [-0.39, 0.29) is 12.5 Å². The molecule has 3 aromatic rings. The second kappa shape index (κ2) is 8.19. The topological polar surface area (TPSA) is 56.1 Å². The van der Waals surface area contributed by atoms with E-state index < -0.39 is 0 Å². The van der Waals surface area contributed by atoms with E-state index in [1.807, 2.05) is 61.7 Å². The van der Waals surface area contributed by atoms with Crippen molar-refractivity contribution in [3.05, 3.63) is 70.3 Å². The van der Waals surface area contributed by atoms with E-state index in [9.17, 15) is 4.79 Å². The summed E-state index contributed by atoms with van der Waals surface area (Å²) in [5.41, 5.74) is 4.05. The van der Waals surface area contributed by atoms with Gasteiger partial charge < -0.3 is 10.1 Å². The number of methoxy groups -OCH3 is 1. The van der Waals surface area contributed by atoms with Gasteiger partial charge in [0, 0.05) is 18.3 Å². The van der Waals surface area contributed by atoms with E-state index in [4.69, 9.17) is 4.74 Å². The Morgan fingerprint density at radius 1 is 1.15 bits per heavy atom. The molecule has 1 aromatic heterocycles. The van der Waals surface area contributed by atoms with Crippen LogP contribution in [0.3, 0.4) is 0 Å². The van der Waals surface area contributed by atoms with Crippen molar-refractivity contribution in [1.29, 1.82) is 0 Å². The van der Waals surface area contributed by atoms with Crippen LogP contribution < -0.4 is 10.1 Å². The first-order valence-electron chi connectivity index (χ1n) is 8.25. The summed E-state index contributed by atoms with van der Waals surface area (Å²) < 4.78 is 7.63. The monoisotopic (exact) mass is 413 g/mol. The first-order valence-corrected chi connectivity index (χ1v) is 9.04. The summed E-state index contributed by atoms with van der Waals surface area (Å²) in [6.45, 7) is 2.68. The van der Waals surface area contributed by atoms with Crippen molar-refractivity contribution in [1.82, 2.24) is 15.1 Å². The number of halogens is 1. The largest absolute Gasteiger partial charge is 0.497 e. The van der Waals surface area contributed by atoms with Gasteiger partial charge in [0.05, 0.1) is 11.6 Å².